The highest BCUT2D eigenvalue weighted by Crippen LogP contribution is 2.22. The van der Waals surface area contributed by atoms with Crippen molar-refractivity contribution in [1.29, 1.82) is 0 Å². The normalized spacial score (nSPS) is 11.9. The largest absolute Gasteiger partial charge is 0.481 e. The van der Waals surface area contributed by atoms with E-state index in [-0.39, 0.29) is 5.91 Å². The molecule has 5 nitrogen and oxygen atoms in total. The Balaban J connectivity index is 1.75. The van der Waals surface area contributed by atoms with Gasteiger partial charge in [0.2, 0.25) is 0 Å². The van der Waals surface area contributed by atoms with Crippen LogP contribution in [0, 0.1) is 27.7 Å². The minimum absolute atomic E-state index is 0.0612. The molecule has 3 rings (SSSR count). The highest BCUT2D eigenvalue weighted by Gasteiger charge is 2.22. The molecule has 0 fully saturated rings. The first-order valence-electron chi connectivity index (χ1n) is 9.87. The molecule has 0 N–H and O–H groups in total. The van der Waals surface area contributed by atoms with E-state index in [9.17, 15) is 4.79 Å². The smallest absolute Gasteiger partial charge is 0.263 e. The minimum Gasteiger partial charge on any atom is -0.481 e. The van der Waals surface area contributed by atoms with Gasteiger partial charge in [0.15, 0.2) is 6.10 Å². The van der Waals surface area contributed by atoms with E-state index in [1.165, 1.54) is 0 Å². The van der Waals surface area contributed by atoms with Gasteiger partial charge in [0.1, 0.15) is 5.75 Å². The lowest BCUT2D eigenvalue weighted by Crippen LogP contribution is -2.37. The Morgan fingerprint density at radius 2 is 1.83 bits per heavy atom. The number of likely N-dealkylation sites (N-methyl/N-ethyl adjacent to an activating group) is 1. The summed E-state index contributed by atoms with van der Waals surface area (Å²) in [5, 5.41) is 4.72. The van der Waals surface area contributed by atoms with E-state index in [2.05, 4.69) is 19.1 Å². The van der Waals surface area contributed by atoms with Crippen LogP contribution in [0.4, 0.5) is 0 Å². The van der Waals surface area contributed by atoms with Crippen LogP contribution in [-0.2, 0) is 11.3 Å². The lowest BCUT2D eigenvalue weighted by Gasteiger charge is -2.22. The summed E-state index contributed by atoms with van der Waals surface area (Å²) >= 11 is 0. The third-order valence-electron chi connectivity index (χ3n) is 5.21. The summed E-state index contributed by atoms with van der Waals surface area (Å²) < 4.78 is 7.82. The highest BCUT2D eigenvalue weighted by atomic mass is 16.5. The van der Waals surface area contributed by atoms with Gasteiger partial charge in [-0.2, -0.15) is 5.10 Å². The molecule has 0 bridgehead atoms. The number of carbonyl (C=O) groups is 1. The van der Waals surface area contributed by atoms with Crippen LogP contribution in [0.3, 0.4) is 0 Å². The number of nitrogens with zero attached hydrogens (tertiary/aromatic N) is 3. The molecule has 1 atom stereocenters. The summed E-state index contributed by atoms with van der Waals surface area (Å²) in [5.41, 5.74) is 6.36. The standard InChI is InChI=1S/C24H29N3O2/c1-16-10-9-12-21(14-16)29-20(5)24(28)26(6)15-22-18(3)25-27(19(22)4)23-13-8-7-11-17(23)2/h7-14,20H,15H2,1-6H3. The molecule has 152 valence electrons. The maximum absolute atomic E-state index is 12.9. The monoisotopic (exact) mass is 391 g/mol. The summed E-state index contributed by atoms with van der Waals surface area (Å²) in [5.74, 6) is 0.646. The molecule has 2 aromatic carbocycles. The Kier molecular flexibility index (Phi) is 6.06. The summed E-state index contributed by atoms with van der Waals surface area (Å²) in [6, 6.07) is 15.9. The van der Waals surface area contributed by atoms with Crippen molar-refractivity contribution in [1.82, 2.24) is 14.7 Å². The summed E-state index contributed by atoms with van der Waals surface area (Å²) in [7, 11) is 1.81. The number of aryl methyl sites for hydroxylation is 3. The number of carbonyl (C=O) groups excluding carboxylic acids is 1. The Morgan fingerprint density at radius 1 is 1.10 bits per heavy atom. The van der Waals surface area contributed by atoms with Crippen LogP contribution in [0.5, 0.6) is 5.75 Å². The summed E-state index contributed by atoms with van der Waals surface area (Å²) in [6.07, 6.45) is -0.561. The van der Waals surface area contributed by atoms with Gasteiger partial charge < -0.3 is 9.64 Å². The molecule has 1 unspecified atom stereocenters. The molecule has 5 heteroatoms. The van der Waals surface area contributed by atoms with Crippen LogP contribution in [0.1, 0.15) is 35.0 Å². The van der Waals surface area contributed by atoms with Gasteiger partial charge in [-0.25, -0.2) is 4.68 Å². The van der Waals surface area contributed by atoms with Gasteiger partial charge >= 0.3 is 0 Å². The van der Waals surface area contributed by atoms with Crippen LogP contribution in [0.2, 0.25) is 0 Å². The topological polar surface area (TPSA) is 47.4 Å². The minimum atomic E-state index is -0.561. The van der Waals surface area contributed by atoms with Gasteiger partial charge in [0.25, 0.3) is 5.91 Å². The molecule has 3 aromatic rings. The quantitative estimate of drug-likeness (QED) is 0.620. The lowest BCUT2D eigenvalue weighted by atomic mass is 10.1. The number of para-hydroxylation sites is 1. The van der Waals surface area contributed by atoms with Crippen molar-refractivity contribution in [3.63, 3.8) is 0 Å². The first-order chi connectivity index (χ1) is 13.8. The van der Waals surface area contributed by atoms with Crippen molar-refractivity contribution >= 4 is 5.91 Å². The molecular formula is C24H29N3O2. The summed E-state index contributed by atoms with van der Waals surface area (Å²) in [4.78, 5) is 14.6. The maximum Gasteiger partial charge on any atom is 0.263 e. The Labute approximate surface area is 172 Å². The van der Waals surface area contributed by atoms with E-state index in [1.807, 2.05) is 68.9 Å². The second-order valence-corrected chi connectivity index (χ2v) is 7.62. The van der Waals surface area contributed by atoms with Gasteiger partial charge in [0.05, 0.1) is 11.4 Å². The Morgan fingerprint density at radius 3 is 2.52 bits per heavy atom. The average Bonchev–Trinajstić information content (AvgIpc) is 2.95. The Hall–Kier alpha value is -3.08. The molecule has 1 aromatic heterocycles. The fraction of sp³-hybridized carbons (Fsp3) is 0.333. The van der Waals surface area contributed by atoms with E-state index in [0.29, 0.717) is 12.3 Å². The van der Waals surface area contributed by atoms with Crippen LogP contribution in [-0.4, -0.2) is 33.7 Å². The zero-order valence-electron chi connectivity index (χ0n) is 18.1. The molecule has 0 saturated heterocycles. The van der Waals surface area contributed by atoms with Gasteiger partial charge in [0, 0.05) is 24.8 Å². The van der Waals surface area contributed by atoms with Crippen molar-refractivity contribution < 1.29 is 9.53 Å². The molecule has 0 aliphatic rings. The molecule has 0 aliphatic carbocycles. The fourth-order valence-corrected chi connectivity index (χ4v) is 3.51. The summed E-state index contributed by atoms with van der Waals surface area (Å²) in [6.45, 7) is 10.4. The molecule has 0 spiro atoms. The van der Waals surface area contributed by atoms with Crippen molar-refractivity contribution in [3.05, 3.63) is 76.6 Å². The predicted octanol–water partition coefficient (Wildman–Crippen LogP) is 4.53. The van der Waals surface area contributed by atoms with Crippen molar-refractivity contribution in [2.45, 2.75) is 47.3 Å². The number of hydrogen-bond acceptors (Lipinski definition) is 3. The van der Waals surface area contributed by atoms with E-state index < -0.39 is 6.10 Å². The van der Waals surface area contributed by atoms with Crippen molar-refractivity contribution in [2.75, 3.05) is 7.05 Å². The number of benzene rings is 2. The molecule has 29 heavy (non-hydrogen) atoms. The molecule has 0 radical (unpaired) electrons. The van der Waals surface area contributed by atoms with Crippen molar-refractivity contribution in [2.24, 2.45) is 0 Å². The van der Waals surface area contributed by atoms with Crippen LogP contribution in [0.15, 0.2) is 48.5 Å². The third-order valence-corrected chi connectivity index (χ3v) is 5.21. The molecule has 0 saturated carbocycles. The number of hydrogen-bond donors (Lipinski definition) is 0. The predicted molar refractivity (Wildman–Crippen MR) is 116 cm³/mol. The SMILES string of the molecule is Cc1cccc(OC(C)C(=O)N(C)Cc2c(C)nn(-c3ccccc3C)c2C)c1. The van der Waals surface area contributed by atoms with Gasteiger partial charge in [-0.05, 0) is 63.9 Å². The van der Waals surface area contributed by atoms with E-state index >= 15 is 0 Å². The number of amides is 1. The van der Waals surface area contributed by atoms with Gasteiger partial charge in [-0.15, -0.1) is 0 Å². The highest BCUT2D eigenvalue weighted by molar-refractivity contribution is 5.80. The van der Waals surface area contributed by atoms with E-state index in [0.717, 1.165) is 33.8 Å². The van der Waals surface area contributed by atoms with Crippen LogP contribution < -0.4 is 4.74 Å². The Bertz CT molecular complexity index is 1020. The number of rotatable bonds is 6. The second kappa shape index (κ2) is 8.52. The fourth-order valence-electron chi connectivity index (χ4n) is 3.51. The zero-order valence-corrected chi connectivity index (χ0v) is 18.1. The first-order valence-corrected chi connectivity index (χ1v) is 9.87. The van der Waals surface area contributed by atoms with E-state index in [1.54, 1.807) is 11.8 Å². The number of aromatic nitrogens is 2. The zero-order chi connectivity index (χ0) is 21.1. The van der Waals surface area contributed by atoms with E-state index in [4.69, 9.17) is 9.84 Å². The first kappa shape index (κ1) is 20.6. The van der Waals surface area contributed by atoms with Crippen LogP contribution in [0.25, 0.3) is 5.69 Å². The average molecular weight is 392 g/mol. The molecule has 0 aliphatic heterocycles. The van der Waals surface area contributed by atoms with Gasteiger partial charge in [-0.3, -0.25) is 4.79 Å². The molecule has 1 amide bonds. The van der Waals surface area contributed by atoms with Crippen molar-refractivity contribution in [3.8, 4) is 11.4 Å². The third kappa shape index (κ3) is 4.50. The maximum atomic E-state index is 12.9. The second-order valence-electron chi connectivity index (χ2n) is 7.62. The molecular weight excluding hydrogens is 362 g/mol. The number of ether oxygens (including phenoxy) is 1. The molecule has 1 heterocycles. The van der Waals surface area contributed by atoms with Crippen LogP contribution >= 0.6 is 0 Å². The van der Waals surface area contributed by atoms with Gasteiger partial charge in [-0.1, -0.05) is 30.3 Å². The lowest BCUT2D eigenvalue weighted by molar-refractivity contribution is -0.137.